The van der Waals surface area contributed by atoms with E-state index in [0.717, 1.165) is 26.1 Å². The van der Waals surface area contributed by atoms with Crippen LogP contribution in [0.25, 0.3) is 0 Å². The molecule has 0 spiro atoms. The fourth-order valence-electron chi connectivity index (χ4n) is 2.40. The summed E-state index contributed by atoms with van der Waals surface area (Å²) in [6.45, 7) is 11.5. The number of likely N-dealkylation sites (tertiary alicyclic amines) is 1. The van der Waals surface area contributed by atoms with Crippen LogP contribution in [0.3, 0.4) is 0 Å². The number of rotatable bonds is 4. The molecule has 0 radical (unpaired) electrons. The predicted molar refractivity (Wildman–Crippen MR) is 75.6 cm³/mol. The molecule has 4 nitrogen and oxygen atoms in total. The van der Waals surface area contributed by atoms with Crippen LogP contribution in [0.5, 0.6) is 0 Å². The van der Waals surface area contributed by atoms with Gasteiger partial charge in [-0.1, -0.05) is 6.92 Å². The van der Waals surface area contributed by atoms with Crippen LogP contribution in [0.2, 0.25) is 0 Å². The van der Waals surface area contributed by atoms with Gasteiger partial charge in [0.25, 0.3) is 0 Å². The Kier molecular flexibility index (Phi) is 5.60. The van der Waals surface area contributed by atoms with E-state index in [1.807, 2.05) is 0 Å². The number of piperidine rings is 1. The molecule has 0 aromatic carbocycles. The van der Waals surface area contributed by atoms with Gasteiger partial charge in [0.2, 0.25) is 5.91 Å². The Balaban J connectivity index is 2.24. The van der Waals surface area contributed by atoms with Crippen LogP contribution in [0, 0.1) is 5.92 Å². The first-order valence-corrected chi connectivity index (χ1v) is 7.01. The van der Waals surface area contributed by atoms with E-state index in [1.54, 1.807) is 0 Å². The summed E-state index contributed by atoms with van der Waals surface area (Å²) in [5.74, 6) is 0.719. The van der Waals surface area contributed by atoms with Gasteiger partial charge in [-0.05, 0) is 46.7 Å². The Morgan fingerprint density at radius 2 is 2.06 bits per heavy atom. The maximum atomic E-state index is 11.9. The molecule has 0 saturated carbocycles. The lowest BCUT2D eigenvalue weighted by atomic mass is 9.94. The van der Waals surface area contributed by atoms with Crippen molar-refractivity contribution in [3.63, 3.8) is 0 Å². The highest BCUT2D eigenvalue weighted by Crippen LogP contribution is 2.15. The summed E-state index contributed by atoms with van der Waals surface area (Å²) in [4.78, 5) is 14.2. The third-order valence-electron chi connectivity index (χ3n) is 3.46. The molecule has 106 valence electrons. The lowest BCUT2D eigenvalue weighted by Gasteiger charge is -2.35. The van der Waals surface area contributed by atoms with E-state index in [9.17, 15) is 4.79 Å². The Morgan fingerprint density at radius 1 is 1.39 bits per heavy atom. The Bertz CT molecular complexity index is 273. The standard InChI is InChI=1S/C14H29N3O/c1-11-10-17(5)9-7-12(11)16-13(18)6-8-15-14(2,3)4/h11-12,15H,6-10H2,1-5H3,(H,16,18). The predicted octanol–water partition coefficient (Wildman–Crippen LogP) is 1.22. The molecule has 2 atom stereocenters. The van der Waals surface area contributed by atoms with Gasteiger partial charge >= 0.3 is 0 Å². The first kappa shape index (κ1) is 15.4. The molecular formula is C14H29N3O. The van der Waals surface area contributed by atoms with Crippen molar-refractivity contribution in [3.8, 4) is 0 Å². The molecule has 0 bridgehead atoms. The van der Waals surface area contributed by atoms with Gasteiger partial charge in [-0.15, -0.1) is 0 Å². The topological polar surface area (TPSA) is 44.4 Å². The summed E-state index contributed by atoms with van der Waals surface area (Å²) >= 11 is 0. The summed E-state index contributed by atoms with van der Waals surface area (Å²) in [7, 11) is 2.14. The quantitative estimate of drug-likeness (QED) is 0.794. The van der Waals surface area contributed by atoms with Crippen molar-refractivity contribution >= 4 is 5.91 Å². The van der Waals surface area contributed by atoms with Crippen molar-refractivity contribution in [2.75, 3.05) is 26.7 Å². The third-order valence-corrected chi connectivity index (χ3v) is 3.46. The lowest BCUT2D eigenvalue weighted by Crippen LogP contribution is -2.49. The normalized spacial score (nSPS) is 26.1. The third kappa shape index (κ3) is 5.83. The number of carbonyl (C=O) groups is 1. The van der Waals surface area contributed by atoms with E-state index >= 15 is 0 Å². The molecule has 1 saturated heterocycles. The molecular weight excluding hydrogens is 226 g/mol. The second-order valence-electron chi connectivity index (χ2n) is 6.63. The van der Waals surface area contributed by atoms with Crippen LogP contribution in [0.4, 0.5) is 0 Å². The molecule has 2 unspecified atom stereocenters. The Hall–Kier alpha value is -0.610. The van der Waals surface area contributed by atoms with Crippen LogP contribution >= 0.6 is 0 Å². The zero-order valence-electron chi connectivity index (χ0n) is 12.5. The van der Waals surface area contributed by atoms with Gasteiger partial charge < -0.3 is 15.5 Å². The summed E-state index contributed by atoms with van der Waals surface area (Å²) < 4.78 is 0. The molecule has 4 heteroatoms. The minimum atomic E-state index is 0.0844. The average Bonchev–Trinajstić information content (AvgIpc) is 2.20. The molecule has 1 fully saturated rings. The number of hydrogen-bond acceptors (Lipinski definition) is 3. The zero-order valence-corrected chi connectivity index (χ0v) is 12.5. The molecule has 1 rings (SSSR count). The van der Waals surface area contributed by atoms with Gasteiger partial charge in [0.05, 0.1) is 0 Å². The minimum absolute atomic E-state index is 0.0844. The van der Waals surface area contributed by atoms with Gasteiger partial charge in [0, 0.05) is 31.1 Å². The SMILES string of the molecule is CC1CN(C)CCC1NC(=O)CCNC(C)(C)C. The smallest absolute Gasteiger partial charge is 0.221 e. The summed E-state index contributed by atoms with van der Waals surface area (Å²) in [5.41, 5.74) is 0.0844. The molecule has 1 heterocycles. The number of nitrogens with zero attached hydrogens (tertiary/aromatic N) is 1. The van der Waals surface area contributed by atoms with Gasteiger partial charge in [-0.25, -0.2) is 0 Å². The first-order valence-electron chi connectivity index (χ1n) is 7.01. The van der Waals surface area contributed by atoms with E-state index < -0.39 is 0 Å². The summed E-state index contributed by atoms with van der Waals surface area (Å²) in [5, 5.41) is 6.51. The molecule has 0 aromatic heterocycles. The van der Waals surface area contributed by atoms with Crippen molar-refractivity contribution in [2.45, 2.75) is 52.1 Å². The maximum absolute atomic E-state index is 11.9. The zero-order chi connectivity index (χ0) is 13.8. The van der Waals surface area contributed by atoms with Crippen LogP contribution in [0.15, 0.2) is 0 Å². The summed E-state index contributed by atoms with van der Waals surface area (Å²) in [6.07, 6.45) is 1.63. The van der Waals surface area contributed by atoms with Gasteiger partial charge in [0.15, 0.2) is 0 Å². The second kappa shape index (κ2) is 6.53. The maximum Gasteiger partial charge on any atom is 0.221 e. The summed E-state index contributed by atoms with van der Waals surface area (Å²) in [6, 6.07) is 0.350. The fourth-order valence-corrected chi connectivity index (χ4v) is 2.40. The van der Waals surface area contributed by atoms with Crippen molar-refractivity contribution in [3.05, 3.63) is 0 Å². The number of nitrogens with one attached hydrogen (secondary N) is 2. The van der Waals surface area contributed by atoms with Crippen molar-refractivity contribution in [1.29, 1.82) is 0 Å². The lowest BCUT2D eigenvalue weighted by molar-refractivity contribution is -0.122. The molecule has 0 aromatic rings. The molecule has 1 amide bonds. The van der Waals surface area contributed by atoms with Crippen molar-refractivity contribution in [1.82, 2.24) is 15.5 Å². The van der Waals surface area contributed by atoms with Gasteiger partial charge in [-0.2, -0.15) is 0 Å². The molecule has 18 heavy (non-hydrogen) atoms. The number of carbonyl (C=O) groups excluding carboxylic acids is 1. The second-order valence-corrected chi connectivity index (χ2v) is 6.63. The van der Waals surface area contributed by atoms with Gasteiger partial charge in [-0.3, -0.25) is 4.79 Å². The van der Waals surface area contributed by atoms with E-state index in [0.29, 0.717) is 18.4 Å². The monoisotopic (exact) mass is 255 g/mol. The van der Waals surface area contributed by atoms with Crippen molar-refractivity contribution in [2.24, 2.45) is 5.92 Å². The van der Waals surface area contributed by atoms with Crippen LogP contribution < -0.4 is 10.6 Å². The highest BCUT2D eigenvalue weighted by Gasteiger charge is 2.25. The van der Waals surface area contributed by atoms with E-state index in [-0.39, 0.29) is 11.4 Å². The first-order chi connectivity index (χ1) is 8.28. The molecule has 2 N–H and O–H groups in total. The largest absolute Gasteiger partial charge is 0.353 e. The minimum Gasteiger partial charge on any atom is -0.353 e. The molecule has 1 aliphatic rings. The van der Waals surface area contributed by atoms with Gasteiger partial charge in [0.1, 0.15) is 0 Å². The average molecular weight is 255 g/mol. The van der Waals surface area contributed by atoms with Crippen LogP contribution in [-0.4, -0.2) is 49.1 Å². The van der Waals surface area contributed by atoms with E-state index in [4.69, 9.17) is 0 Å². The van der Waals surface area contributed by atoms with E-state index in [1.165, 1.54) is 0 Å². The fraction of sp³-hybridized carbons (Fsp3) is 0.929. The number of hydrogen-bond donors (Lipinski definition) is 2. The van der Waals surface area contributed by atoms with Crippen molar-refractivity contribution < 1.29 is 4.79 Å². The Morgan fingerprint density at radius 3 is 2.61 bits per heavy atom. The van der Waals surface area contributed by atoms with Crippen LogP contribution in [0.1, 0.15) is 40.5 Å². The van der Waals surface area contributed by atoms with Crippen LogP contribution in [-0.2, 0) is 4.79 Å². The molecule has 1 aliphatic heterocycles. The highest BCUT2D eigenvalue weighted by molar-refractivity contribution is 5.76. The van der Waals surface area contributed by atoms with E-state index in [2.05, 4.69) is 50.3 Å². The highest BCUT2D eigenvalue weighted by atomic mass is 16.1. The Labute approximate surface area is 111 Å². The number of amides is 1. The molecule has 0 aliphatic carbocycles.